The van der Waals surface area contributed by atoms with Crippen molar-refractivity contribution in [1.29, 1.82) is 0 Å². The summed E-state index contributed by atoms with van der Waals surface area (Å²) in [7, 11) is 0. The van der Waals surface area contributed by atoms with Gasteiger partial charge in [0.2, 0.25) is 0 Å². The highest BCUT2D eigenvalue weighted by atomic mass is 19.1. The predicted molar refractivity (Wildman–Crippen MR) is 209 cm³/mol. The van der Waals surface area contributed by atoms with Crippen LogP contribution in [0.3, 0.4) is 0 Å². The van der Waals surface area contributed by atoms with Crippen molar-refractivity contribution in [2.45, 2.75) is 13.1 Å². The molecule has 0 fully saturated rings. The molecule has 6 N–H and O–H groups in total. The average molecular weight is 721 g/mol. The molecule has 2 aliphatic rings. The number of halogens is 2. The quantitative estimate of drug-likeness (QED) is 0.0778. The molecular formula is C42H34F2N8O2. The standard InChI is InChI=1S/2C21H17FN4O/c22-15-3-8-20-18(10-15)19(21(27)26-20)13-25-17-6-4-16(5-7-17)24-12-14-2-1-9-23-11-14;22-14-4-9-20-18(11-14)19(21(27)26-20)13-25-16-7-5-15(6-8-16)24-12-17-3-1-2-10-23-17/h2*1-11,13,24-25H,12H2,(H,26,27)/b2*19-13+. The van der Waals surface area contributed by atoms with Crippen molar-refractivity contribution in [2.75, 3.05) is 31.9 Å². The summed E-state index contributed by atoms with van der Waals surface area (Å²) in [6.45, 7) is 1.33. The van der Waals surface area contributed by atoms with Crippen LogP contribution < -0.4 is 31.9 Å². The molecular weight excluding hydrogens is 687 g/mol. The number of pyridine rings is 2. The zero-order valence-corrected chi connectivity index (χ0v) is 28.7. The van der Waals surface area contributed by atoms with Gasteiger partial charge in [0.15, 0.2) is 0 Å². The van der Waals surface area contributed by atoms with Crippen molar-refractivity contribution in [3.8, 4) is 0 Å². The Morgan fingerprint density at radius 2 is 1.11 bits per heavy atom. The molecule has 2 amide bonds. The van der Waals surface area contributed by atoms with Crippen molar-refractivity contribution in [3.05, 3.63) is 180 Å². The Morgan fingerprint density at radius 3 is 1.61 bits per heavy atom. The van der Waals surface area contributed by atoms with Gasteiger partial charge in [-0.1, -0.05) is 12.1 Å². The molecule has 268 valence electrons. The van der Waals surface area contributed by atoms with Crippen LogP contribution in [0.5, 0.6) is 0 Å². The van der Waals surface area contributed by atoms with Crippen LogP contribution in [-0.4, -0.2) is 21.8 Å². The number of anilines is 6. The van der Waals surface area contributed by atoms with Gasteiger partial charge in [0.05, 0.1) is 23.4 Å². The van der Waals surface area contributed by atoms with Crippen LogP contribution in [0.2, 0.25) is 0 Å². The Balaban J connectivity index is 0.000000167. The number of aromatic nitrogens is 2. The average Bonchev–Trinajstić information content (AvgIpc) is 3.69. The van der Waals surface area contributed by atoms with Gasteiger partial charge in [-0.05, 0) is 109 Å². The van der Waals surface area contributed by atoms with Crippen LogP contribution in [-0.2, 0) is 22.7 Å². The molecule has 0 spiro atoms. The third-order valence-corrected chi connectivity index (χ3v) is 8.48. The molecule has 0 unspecified atom stereocenters. The molecule has 10 nitrogen and oxygen atoms in total. The van der Waals surface area contributed by atoms with Crippen LogP contribution >= 0.6 is 0 Å². The molecule has 2 aromatic heterocycles. The number of amides is 2. The summed E-state index contributed by atoms with van der Waals surface area (Å²) in [4.78, 5) is 32.5. The molecule has 0 saturated carbocycles. The molecule has 54 heavy (non-hydrogen) atoms. The Labute approximate surface area is 310 Å². The van der Waals surface area contributed by atoms with Crippen molar-refractivity contribution < 1.29 is 18.4 Å². The van der Waals surface area contributed by atoms with Gasteiger partial charge >= 0.3 is 0 Å². The number of fused-ring (bicyclic) bond motifs is 2. The van der Waals surface area contributed by atoms with Crippen molar-refractivity contribution in [3.63, 3.8) is 0 Å². The van der Waals surface area contributed by atoms with Crippen molar-refractivity contribution in [1.82, 2.24) is 9.97 Å². The molecule has 0 radical (unpaired) electrons. The van der Waals surface area contributed by atoms with E-state index in [1.54, 1.807) is 36.9 Å². The topological polar surface area (TPSA) is 132 Å². The van der Waals surface area contributed by atoms with Gasteiger partial charge in [0.25, 0.3) is 11.8 Å². The molecule has 0 aliphatic carbocycles. The fourth-order valence-corrected chi connectivity index (χ4v) is 5.69. The van der Waals surface area contributed by atoms with Gasteiger partial charge in [-0.15, -0.1) is 0 Å². The Hall–Kier alpha value is -7.34. The van der Waals surface area contributed by atoms with Gasteiger partial charge in [-0.3, -0.25) is 19.6 Å². The second-order valence-electron chi connectivity index (χ2n) is 12.2. The number of hydrogen-bond donors (Lipinski definition) is 6. The zero-order valence-electron chi connectivity index (χ0n) is 28.7. The molecule has 6 aromatic rings. The number of carbonyl (C=O) groups is 2. The largest absolute Gasteiger partial charge is 0.381 e. The van der Waals surface area contributed by atoms with Crippen LogP contribution in [0.1, 0.15) is 22.4 Å². The van der Waals surface area contributed by atoms with E-state index in [1.807, 2.05) is 85.1 Å². The van der Waals surface area contributed by atoms with Crippen LogP contribution in [0.15, 0.2) is 146 Å². The van der Waals surface area contributed by atoms with Crippen LogP contribution in [0, 0.1) is 11.6 Å². The summed E-state index contributed by atoms with van der Waals surface area (Å²) >= 11 is 0. The lowest BCUT2D eigenvalue weighted by Gasteiger charge is -2.08. The lowest BCUT2D eigenvalue weighted by atomic mass is 10.1. The first-order chi connectivity index (χ1) is 26.4. The monoisotopic (exact) mass is 720 g/mol. The van der Waals surface area contributed by atoms with E-state index >= 15 is 0 Å². The number of hydrogen-bond acceptors (Lipinski definition) is 8. The summed E-state index contributed by atoms with van der Waals surface area (Å²) in [6, 6.07) is 33.6. The third kappa shape index (κ3) is 8.75. The smallest absolute Gasteiger partial charge is 0.257 e. The summed E-state index contributed by atoms with van der Waals surface area (Å²) in [6.07, 6.45) is 8.52. The molecule has 4 heterocycles. The highest BCUT2D eigenvalue weighted by molar-refractivity contribution is 6.32. The molecule has 8 rings (SSSR count). The van der Waals surface area contributed by atoms with Gasteiger partial charge in [0.1, 0.15) is 11.6 Å². The van der Waals surface area contributed by atoms with E-state index in [0.717, 1.165) is 34.0 Å². The summed E-state index contributed by atoms with van der Waals surface area (Å²) in [5.41, 5.74) is 8.80. The van der Waals surface area contributed by atoms with Crippen molar-refractivity contribution >= 4 is 57.1 Å². The summed E-state index contributed by atoms with van der Waals surface area (Å²) < 4.78 is 26.9. The van der Waals surface area contributed by atoms with E-state index in [0.29, 0.717) is 46.7 Å². The first kappa shape index (κ1) is 35.1. The van der Waals surface area contributed by atoms with Gasteiger partial charge in [0, 0.05) is 82.8 Å². The molecule has 0 bridgehead atoms. The van der Waals surface area contributed by atoms with E-state index < -0.39 is 0 Å². The van der Waals surface area contributed by atoms with Gasteiger partial charge in [-0.25, -0.2) is 8.78 Å². The fraction of sp³-hybridized carbons (Fsp3) is 0.0476. The van der Waals surface area contributed by atoms with Gasteiger partial charge < -0.3 is 31.9 Å². The SMILES string of the molecule is O=C1Nc2ccc(F)cc2/C1=C\Nc1ccc(NCc2ccccn2)cc1.O=C1Nc2ccc(F)cc2/C1=C\Nc1ccc(NCc2cccnc2)cc1. The highest BCUT2D eigenvalue weighted by Gasteiger charge is 2.25. The second kappa shape index (κ2) is 16.3. The second-order valence-corrected chi connectivity index (χ2v) is 12.2. The third-order valence-electron chi connectivity index (χ3n) is 8.48. The Kier molecular flexibility index (Phi) is 10.6. The van der Waals surface area contributed by atoms with E-state index in [9.17, 15) is 18.4 Å². The van der Waals surface area contributed by atoms with Crippen molar-refractivity contribution in [2.24, 2.45) is 0 Å². The molecule has 0 atom stereocenters. The first-order valence-corrected chi connectivity index (χ1v) is 17.0. The first-order valence-electron chi connectivity index (χ1n) is 17.0. The summed E-state index contributed by atoms with van der Waals surface area (Å²) in [5, 5.41) is 18.3. The number of carbonyl (C=O) groups excluding carboxylic acids is 2. The van der Waals surface area contributed by atoms with E-state index in [4.69, 9.17) is 0 Å². The predicted octanol–water partition coefficient (Wildman–Crippen LogP) is 8.48. The molecule has 2 aliphatic heterocycles. The van der Waals surface area contributed by atoms with Crippen LogP contribution in [0.4, 0.5) is 42.9 Å². The number of nitrogens with one attached hydrogen (secondary N) is 6. The maximum Gasteiger partial charge on any atom is 0.257 e. The lowest BCUT2D eigenvalue weighted by molar-refractivity contribution is -0.111. The van der Waals surface area contributed by atoms with E-state index in [2.05, 4.69) is 41.9 Å². The maximum absolute atomic E-state index is 13.5. The number of rotatable bonds is 10. The lowest BCUT2D eigenvalue weighted by Crippen LogP contribution is -2.05. The Morgan fingerprint density at radius 1 is 0.574 bits per heavy atom. The molecule has 12 heteroatoms. The molecule has 0 saturated heterocycles. The minimum atomic E-state index is -0.375. The van der Waals surface area contributed by atoms with Crippen LogP contribution in [0.25, 0.3) is 11.1 Å². The zero-order chi connectivity index (χ0) is 37.3. The van der Waals surface area contributed by atoms with Gasteiger partial charge in [-0.2, -0.15) is 0 Å². The summed E-state index contributed by atoms with van der Waals surface area (Å²) in [5.74, 6) is -1.26. The minimum Gasteiger partial charge on any atom is -0.381 e. The van der Waals surface area contributed by atoms with E-state index in [1.165, 1.54) is 24.3 Å². The Bertz CT molecular complexity index is 2170. The molecule has 4 aromatic carbocycles. The fourth-order valence-electron chi connectivity index (χ4n) is 5.69. The number of nitrogens with zero attached hydrogens (tertiary/aromatic N) is 2. The highest BCUT2D eigenvalue weighted by Crippen LogP contribution is 2.33. The minimum absolute atomic E-state index is 0.252. The number of benzene rings is 4. The normalized spacial score (nSPS) is 14.0. The van der Waals surface area contributed by atoms with E-state index in [-0.39, 0.29) is 23.4 Å². The maximum atomic E-state index is 13.5.